The van der Waals surface area contributed by atoms with Gasteiger partial charge in [0.15, 0.2) is 0 Å². The van der Waals surface area contributed by atoms with Crippen LogP contribution < -0.4 is 0 Å². The summed E-state index contributed by atoms with van der Waals surface area (Å²) in [7, 11) is 0. The molecule has 0 aromatic heterocycles. The zero-order valence-corrected chi connectivity index (χ0v) is 6.93. The molecular formula is C4H10O2Zr. The third-order valence-corrected chi connectivity index (χ3v) is 0.440. The SMILES string of the molecule is CCCOCO.[Zr]. The van der Waals surface area contributed by atoms with Gasteiger partial charge in [0.2, 0.25) is 0 Å². The summed E-state index contributed by atoms with van der Waals surface area (Å²) in [5.74, 6) is 0. The van der Waals surface area contributed by atoms with Crippen molar-refractivity contribution in [2.45, 2.75) is 13.3 Å². The van der Waals surface area contributed by atoms with Crippen molar-refractivity contribution in [1.29, 1.82) is 0 Å². The van der Waals surface area contributed by atoms with Crippen LogP contribution in [0.3, 0.4) is 0 Å². The second kappa shape index (κ2) is 9.93. The molecule has 3 heteroatoms. The van der Waals surface area contributed by atoms with E-state index in [9.17, 15) is 0 Å². The molecule has 0 rings (SSSR count). The first kappa shape index (κ1) is 10.7. The molecule has 0 aromatic rings. The maximum absolute atomic E-state index is 7.98. The van der Waals surface area contributed by atoms with Gasteiger partial charge in [-0.15, -0.1) is 0 Å². The van der Waals surface area contributed by atoms with Crippen LogP contribution in [0.25, 0.3) is 0 Å². The minimum atomic E-state index is -0.145. The first-order valence-electron chi connectivity index (χ1n) is 2.10. The van der Waals surface area contributed by atoms with Gasteiger partial charge < -0.3 is 9.84 Å². The fourth-order valence-electron chi connectivity index (χ4n) is 0.209. The van der Waals surface area contributed by atoms with Crippen molar-refractivity contribution in [1.82, 2.24) is 0 Å². The van der Waals surface area contributed by atoms with Gasteiger partial charge in [0.05, 0.1) is 0 Å². The molecule has 0 saturated heterocycles. The van der Waals surface area contributed by atoms with E-state index in [0.29, 0.717) is 6.61 Å². The molecule has 0 aliphatic heterocycles. The standard InChI is InChI=1S/C4H10O2.Zr/c1-2-3-6-4-5;/h5H,2-4H2,1H3;. The zero-order chi connectivity index (χ0) is 4.83. The van der Waals surface area contributed by atoms with Crippen molar-refractivity contribution in [3.05, 3.63) is 0 Å². The van der Waals surface area contributed by atoms with Crippen LogP contribution in [0.2, 0.25) is 0 Å². The molecule has 0 saturated carbocycles. The monoisotopic (exact) mass is 180 g/mol. The van der Waals surface area contributed by atoms with Crippen LogP contribution in [-0.2, 0) is 30.9 Å². The molecule has 0 aliphatic rings. The van der Waals surface area contributed by atoms with E-state index in [1.165, 1.54) is 0 Å². The predicted octanol–water partition coefficient (Wildman–Crippen LogP) is 0.360. The van der Waals surface area contributed by atoms with Crippen LogP contribution in [0.4, 0.5) is 0 Å². The summed E-state index contributed by atoms with van der Waals surface area (Å²) in [6.07, 6.45) is 0.973. The zero-order valence-electron chi connectivity index (χ0n) is 4.48. The van der Waals surface area contributed by atoms with Gasteiger partial charge >= 0.3 is 0 Å². The number of aliphatic hydroxyl groups excluding tert-OH is 1. The Morgan fingerprint density at radius 1 is 1.57 bits per heavy atom. The molecule has 0 atom stereocenters. The number of rotatable bonds is 3. The molecule has 0 fully saturated rings. The Labute approximate surface area is 63.0 Å². The first-order valence-corrected chi connectivity index (χ1v) is 2.10. The molecule has 7 heavy (non-hydrogen) atoms. The molecule has 0 bridgehead atoms. The van der Waals surface area contributed by atoms with Gasteiger partial charge in [-0.05, 0) is 6.42 Å². The molecular weight excluding hydrogens is 171 g/mol. The van der Waals surface area contributed by atoms with Crippen LogP contribution in [0.5, 0.6) is 0 Å². The van der Waals surface area contributed by atoms with Gasteiger partial charge in [0, 0.05) is 32.8 Å². The van der Waals surface area contributed by atoms with Crippen molar-refractivity contribution >= 4 is 0 Å². The van der Waals surface area contributed by atoms with Crippen LogP contribution in [-0.4, -0.2) is 18.5 Å². The van der Waals surface area contributed by atoms with Gasteiger partial charge in [-0.1, -0.05) is 6.92 Å². The largest absolute Gasteiger partial charge is 0.371 e. The molecule has 0 amide bonds. The first-order chi connectivity index (χ1) is 2.91. The minimum absolute atomic E-state index is 0. The number of aliphatic hydroxyl groups is 1. The molecule has 0 spiro atoms. The number of hydrogen-bond donors (Lipinski definition) is 1. The second-order valence-corrected chi connectivity index (χ2v) is 1.04. The van der Waals surface area contributed by atoms with Crippen molar-refractivity contribution < 1.29 is 36.0 Å². The molecule has 0 radical (unpaired) electrons. The summed E-state index contributed by atoms with van der Waals surface area (Å²) in [6.45, 7) is 2.51. The molecule has 0 heterocycles. The molecule has 0 aromatic carbocycles. The van der Waals surface area contributed by atoms with Crippen LogP contribution >= 0.6 is 0 Å². The van der Waals surface area contributed by atoms with Crippen LogP contribution in [0.15, 0.2) is 0 Å². The Morgan fingerprint density at radius 2 is 2.14 bits per heavy atom. The molecule has 2 nitrogen and oxygen atoms in total. The fourth-order valence-corrected chi connectivity index (χ4v) is 0.209. The molecule has 0 aliphatic carbocycles. The summed E-state index contributed by atoms with van der Waals surface area (Å²) in [5, 5.41) is 7.98. The summed E-state index contributed by atoms with van der Waals surface area (Å²) >= 11 is 0. The van der Waals surface area contributed by atoms with Gasteiger partial charge in [-0.3, -0.25) is 0 Å². The molecule has 42 valence electrons. The van der Waals surface area contributed by atoms with E-state index in [-0.39, 0.29) is 33.0 Å². The van der Waals surface area contributed by atoms with E-state index >= 15 is 0 Å². The summed E-state index contributed by atoms with van der Waals surface area (Å²) in [4.78, 5) is 0. The van der Waals surface area contributed by atoms with Crippen LogP contribution in [0, 0.1) is 0 Å². The Bertz CT molecular complexity index is 21.7. The van der Waals surface area contributed by atoms with E-state index in [1.807, 2.05) is 6.92 Å². The van der Waals surface area contributed by atoms with E-state index in [0.717, 1.165) is 6.42 Å². The second-order valence-electron chi connectivity index (χ2n) is 1.04. The average molecular weight is 181 g/mol. The van der Waals surface area contributed by atoms with Crippen molar-refractivity contribution in [2.24, 2.45) is 0 Å². The van der Waals surface area contributed by atoms with Gasteiger partial charge in [0.25, 0.3) is 0 Å². The van der Waals surface area contributed by atoms with Crippen molar-refractivity contribution in [2.75, 3.05) is 13.4 Å². The van der Waals surface area contributed by atoms with E-state index in [2.05, 4.69) is 4.74 Å². The van der Waals surface area contributed by atoms with Gasteiger partial charge in [-0.25, -0.2) is 0 Å². The van der Waals surface area contributed by atoms with Crippen molar-refractivity contribution in [3.8, 4) is 0 Å². The summed E-state index contributed by atoms with van der Waals surface area (Å²) < 4.78 is 4.54. The van der Waals surface area contributed by atoms with E-state index in [1.54, 1.807) is 0 Å². The Kier molecular flexibility index (Phi) is 15.2. The average Bonchev–Trinajstić information content (AvgIpc) is 1.61. The number of hydrogen-bond acceptors (Lipinski definition) is 2. The molecule has 0 unspecified atom stereocenters. The maximum Gasteiger partial charge on any atom is 0.143 e. The van der Waals surface area contributed by atoms with Gasteiger partial charge in [-0.2, -0.15) is 0 Å². The number of ether oxygens (including phenoxy) is 1. The Balaban J connectivity index is 0. The third kappa shape index (κ3) is 10.9. The topological polar surface area (TPSA) is 29.5 Å². The van der Waals surface area contributed by atoms with E-state index in [4.69, 9.17) is 5.11 Å². The third-order valence-electron chi connectivity index (χ3n) is 0.440. The van der Waals surface area contributed by atoms with Crippen LogP contribution in [0.1, 0.15) is 13.3 Å². The normalized spacial score (nSPS) is 7.71. The maximum atomic E-state index is 7.98. The smallest absolute Gasteiger partial charge is 0.143 e. The van der Waals surface area contributed by atoms with E-state index < -0.39 is 0 Å². The van der Waals surface area contributed by atoms with Crippen molar-refractivity contribution in [3.63, 3.8) is 0 Å². The van der Waals surface area contributed by atoms with Gasteiger partial charge in [0.1, 0.15) is 6.79 Å². The Hall–Kier alpha value is 0.803. The summed E-state index contributed by atoms with van der Waals surface area (Å²) in [5.41, 5.74) is 0. The Morgan fingerprint density at radius 3 is 2.29 bits per heavy atom. The summed E-state index contributed by atoms with van der Waals surface area (Å²) in [6, 6.07) is 0. The predicted molar refractivity (Wildman–Crippen MR) is 23.3 cm³/mol. The molecule has 1 N–H and O–H groups in total. The quantitative estimate of drug-likeness (QED) is 0.503. The minimum Gasteiger partial charge on any atom is -0.371 e. The fraction of sp³-hybridized carbons (Fsp3) is 1.00.